The van der Waals surface area contributed by atoms with Crippen LogP contribution in [0.1, 0.15) is 43.0 Å². The number of unbranched alkanes of at least 4 members (excludes halogenated alkanes) is 1. The summed E-state index contributed by atoms with van der Waals surface area (Å²) in [6.07, 6.45) is 4.86. The van der Waals surface area contributed by atoms with Gasteiger partial charge in [-0.15, -0.1) is 0 Å². The lowest BCUT2D eigenvalue weighted by Crippen LogP contribution is -2.43. The number of carbonyl (C=O) groups is 2. The number of amides is 2. The molecule has 0 bridgehead atoms. The number of piperidine rings is 1. The SMILES string of the molecule is CCCCNC(=O)C1CCN(C(=O)c2ccoc2Cl)CC1. The van der Waals surface area contributed by atoms with E-state index in [4.69, 9.17) is 16.0 Å². The second-order valence-corrected chi connectivity index (χ2v) is 5.66. The van der Waals surface area contributed by atoms with E-state index < -0.39 is 0 Å². The lowest BCUT2D eigenvalue weighted by Gasteiger charge is -2.31. The molecule has 0 atom stereocenters. The van der Waals surface area contributed by atoms with E-state index in [2.05, 4.69) is 12.2 Å². The topological polar surface area (TPSA) is 62.6 Å². The molecule has 6 heteroatoms. The van der Waals surface area contributed by atoms with E-state index in [9.17, 15) is 9.59 Å². The number of carbonyl (C=O) groups excluding carboxylic acids is 2. The molecule has 1 N–H and O–H groups in total. The van der Waals surface area contributed by atoms with Crippen molar-refractivity contribution in [3.8, 4) is 0 Å². The summed E-state index contributed by atoms with van der Waals surface area (Å²) in [7, 11) is 0. The summed E-state index contributed by atoms with van der Waals surface area (Å²) < 4.78 is 4.94. The van der Waals surface area contributed by atoms with Crippen LogP contribution in [-0.4, -0.2) is 36.3 Å². The Morgan fingerprint density at radius 2 is 2.14 bits per heavy atom. The Kier molecular flexibility index (Phi) is 5.67. The van der Waals surface area contributed by atoms with Gasteiger partial charge >= 0.3 is 0 Å². The maximum atomic E-state index is 12.3. The highest BCUT2D eigenvalue weighted by molar-refractivity contribution is 6.32. The molecule has 1 saturated heterocycles. The lowest BCUT2D eigenvalue weighted by molar-refractivity contribution is -0.126. The van der Waals surface area contributed by atoms with Crippen LogP contribution in [0.4, 0.5) is 0 Å². The van der Waals surface area contributed by atoms with Crippen molar-refractivity contribution < 1.29 is 14.0 Å². The van der Waals surface area contributed by atoms with Crippen LogP contribution >= 0.6 is 11.6 Å². The summed E-state index contributed by atoms with van der Waals surface area (Å²) in [5, 5.41) is 3.08. The summed E-state index contributed by atoms with van der Waals surface area (Å²) in [4.78, 5) is 26.0. The molecule has 1 aromatic heterocycles. The van der Waals surface area contributed by atoms with Gasteiger partial charge in [-0.1, -0.05) is 13.3 Å². The van der Waals surface area contributed by atoms with Gasteiger partial charge in [0.05, 0.1) is 11.8 Å². The van der Waals surface area contributed by atoms with E-state index in [0.717, 1.165) is 19.4 Å². The first-order valence-electron chi connectivity index (χ1n) is 7.43. The largest absolute Gasteiger partial charge is 0.452 e. The Morgan fingerprint density at radius 1 is 1.43 bits per heavy atom. The molecular formula is C15H21ClN2O3. The maximum absolute atomic E-state index is 12.3. The van der Waals surface area contributed by atoms with E-state index in [1.165, 1.54) is 6.26 Å². The van der Waals surface area contributed by atoms with Crippen molar-refractivity contribution in [2.75, 3.05) is 19.6 Å². The van der Waals surface area contributed by atoms with Crippen LogP contribution in [0.15, 0.2) is 16.7 Å². The van der Waals surface area contributed by atoms with Crippen LogP contribution in [0.5, 0.6) is 0 Å². The molecule has 5 nitrogen and oxygen atoms in total. The number of hydrogen-bond donors (Lipinski definition) is 1. The quantitative estimate of drug-likeness (QED) is 0.850. The minimum Gasteiger partial charge on any atom is -0.452 e. The number of rotatable bonds is 5. The molecular weight excluding hydrogens is 292 g/mol. The fraction of sp³-hybridized carbons (Fsp3) is 0.600. The number of nitrogens with zero attached hydrogens (tertiary/aromatic N) is 1. The van der Waals surface area contributed by atoms with Gasteiger partial charge in [-0.3, -0.25) is 9.59 Å². The van der Waals surface area contributed by atoms with E-state index in [1.807, 2.05) is 0 Å². The third-order valence-corrected chi connectivity index (χ3v) is 4.12. The van der Waals surface area contributed by atoms with Gasteiger partial charge in [-0.05, 0) is 36.9 Å². The Hall–Kier alpha value is -1.49. The van der Waals surface area contributed by atoms with Crippen molar-refractivity contribution in [3.05, 3.63) is 23.1 Å². The van der Waals surface area contributed by atoms with E-state index >= 15 is 0 Å². The predicted octanol–water partition coefficient (Wildman–Crippen LogP) is 2.70. The Labute approximate surface area is 129 Å². The molecule has 21 heavy (non-hydrogen) atoms. The van der Waals surface area contributed by atoms with Crippen molar-refractivity contribution >= 4 is 23.4 Å². The minimum atomic E-state index is -0.126. The molecule has 1 aliphatic heterocycles. The molecule has 0 aliphatic carbocycles. The highest BCUT2D eigenvalue weighted by atomic mass is 35.5. The zero-order chi connectivity index (χ0) is 15.2. The fourth-order valence-electron chi connectivity index (χ4n) is 2.49. The van der Waals surface area contributed by atoms with Crippen LogP contribution in [0.25, 0.3) is 0 Å². The molecule has 2 rings (SSSR count). The molecule has 0 spiro atoms. The lowest BCUT2D eigenvalue weighted by atomic mass is 9.95. The molecule has 0 aromatic carbocycles. The van der Waals surface area contributed by atoms with Crippen molar-refractivity contribution in [3.63, 3.8) is 0 Å². The van der Waals surface area contributed by atoms with Gasteiger partial charge in [-0.2, -0.15) is 0 Å². The van der Waals surface area contributed by atoms with E-state index in [1.54, 1.807) is 11.0 Å². The van der Waals surface area contributed by atoms with Crippen LogP contribution in [0, 0.1) is 5.92 Å². The van der Waals surface area contributed by atoms with Crippen LogP contribution in [-0.2, 0) is 4.79 Å². The Bertz CT molecular complexity index is 493. The highest BCUT2D eigenvalue weighted by Gasteiger charge is 2.28. The predicted molar refractivity (Wildman–Crippen MR) is 80.3 cm³/mol. The van der Waals surface area contributed by atoms with Crippen molar-refractivity contribution in [2.24, 2.45) is 5.92 Å². The van der Waals surface area contributed by atoms with Crippen LogP contribution in [0.3, 0.4) is 0 Å². The minimum absolute atomic E-state index is 0.00530. The van der Waals surface area contributed by atoms with Crippen LogP contribution < -0.4 is 5.32 Å². The molecule has 2 heterocycles. The average molecular weight is 313 g/mol. The van der Waals surface area contributed by atoms with Gasteiger partial charge in [0.2, 0.25) is 11.1 Å². The Morgan fingerprint density at radius 3 is 2.71 bits per heavy atom. The number of nitrogens with one attached hydrogen (secondary N) is 1. The number of furan rings is 1. The normalized spacial score (nSPS) is 16.0. The third-order valence-electron chi connectivity index (χ3n) is 3.83. The first kappa shape index (κ1) is 15.9. The van der Waals surface area contributed by atoms with Gasteiger partial charge in [0.15, 0.2) is 0 Å². The van der Waals surface area contributed by atoms with Gasteiger partial charge < -0.3 is 14.6 Å². The molecule has 1 fully saturated rings. The monoisotopic (exact) mass is 312 g/mol. The van der Waals surface area contributed by atoms with E-state index in [0.29, 0.717) is 31.5 Å². The molecule has 1 aromatic rings. The summed E-state index contributed by atoms with van der Waals surface area (Å²) >= 11 is 5.83. The molecule has 2 amide bonds. The zero-order valence-electron chi connectivity index (χ0n) is 12.2. The third kappa shape index (κ3) is 4.00. The second-order valence-electron chi connectivity index (χ2n) is 5.32. The summed E-state index contributed by atoms with van der Waals surface area (Å²) in [6.45, 7) is 3.98. The molecule has 116 valence electrons. The maximum Gasteiger partial charge on any atom is 0.258 e. The van der Waals surface area contributed by atoms with Crippen molar-refractivity contribution in [2.45, 2.75) is 32.6 Å². The summed E-state index contributed by atoms with van der Waals surface area (Å²) in [5.74, 6) is -0.0128. The molecule has 1 aliphatic rings. The molecule has 0 radical (unpaired) electrons. The van der Waals surface area contributed by atoms with Gasteiger partial charge in [0, 0.05) is 25.6 Å². The fourth-order valence-corrected chi connectivity index (χ4v) is 2.69. The standard InChI is InChI=1S/C15H21ClN2O3/c1-2-3-7-17-14(19)11-4-8-18(9-5-11)15(20)12-6-10-21-13(12)16/h6,10-11H,2-5,7-9H2,1H3,(H,17,19). The first-order chi connectivity index (χ1) is 10.1. The molecule has 0 saturated carbocycles. The second kappa shape index (κ2) is 7.50. The zero-order valence-corrected chi connectivity index (χ0v) is 13.0. The van der Waals surface area contributed by atoms with E-state index in [-0.39, 0.29) is 23.0 Å². The van der Waals surface area contributed by atoms with Gasteiger partial charge in [0.25, 0.3) is 5.91 Å². The smallest absolute Gasteiger partial charge is 0.258 e. The highest BCUT2D eigenvalue weighted by Crippen LogP contribution is 2.23. The van der Waals surface area contributed by atoms with Crippen LogP contribution in [0.2, 0.25) is 5.22 Å². The molecule has 0 unspecified atom stereocenters. The Balaban J connectivity index is 1.82. The number of likely N-dealkylation sites (tertiary alicyclic amines) is 1. The van der Waals surface area contributed by atoms with Crippen molar-refractivity contribution in [1.82, 2.24) is 10.2 Å². The first-order valence-corrected chi connectivity index (χ1v) is 7.81. The number of hydrogen-bond acceptors (Lipinski definition) is 3. The number of halogens is 1. The van der Waals surface area contributed by atoms with Gasteiger partial charge in [-0.25, -0.2) is 0 Å². The summed E-state index contributed by atoms with van der Waals surface area (Å²) in [6, 6.07) is 1.58. The van der Waals surface area contributed by atoms with Crippen molar-refractivity contribution in [1.29, 1.82) is 0 Å². The summed E-state index contributed by atoms with van der Waals surface area (Å²) in [5.41, 5.74) is 0.391. The van der Waals surface area contributed by atoms with Gasteiger partial charge in [0.1, 0.15) is 0 Å². The average Bonchev–Trinajstić information content (AvgIpc) is 2.93.